The van der Waals surface area contributed by atoms with Crippen LogP contribution >= 0.6 is 23.2 Å². The molecular formula is C19H16Cl2N4O. The number of aromatic nitrogens is 2. The third-order valence-corrected chi connectivity index (χ3v) is 4.27. The molecule has 5 nitrogen and oxygen atoms in total. The molecule has 3 rings (SSSR count). The molecule has 0 bridgehead atoms. The average molecular weight is 387 g/mol. The molecule has 0 spiro atoms. The van der Waals surface area contributed by atoms with E-state index in [1.165, 1.54) is 18.0 Å². The molecule has 0 saturated carbocycles. The smallest absolute Gasteiger partial charge is 0.275 e. The predicted octanol–water partition coefficient (Wildman–Crippen LogP) is 4.96. The number of benzene rings is 2. The summed E-state index contributed by atoms with van der Waals surface area (Å²) in [6, 6.07) is 13.2. The molecule has 1 heterocycles. The van der Waals surface area contributed by atoms with E-state index in [9.17, 15) is 4.79 Å². The average Bonchev–Trinajstić information content (AvgIpc) is 2.63. The van der Waals surface area contributed by atoms with Gasteiger partial charge in [0, 0.05) is 6.54 Å². The van der Waals surface area contributed by atoms with Gasteiger partial charge in [0.15, 0.2) is 0 Å². The van der Waals surface area contributed by atoms with Crippen LogP contribution in [-0.2, 0) is 6.54 Å². The summed E-state index contributed by atoms with van der Waals surface area (Å²) in [7, 11) is 0. The number of anilines is 2. The highest BCUT2D eigenvalue weighted by atomic mass is 35.5. The summed E-state index contributed by atoms with van der Waals surface area (Å²) in [5, 5.41) is 6.54. The van der Waals surface area contributed by atoms with Gasteiger partial charge in [-0.3, -0.25) is 4.79 Å². The lowest BCUT2D eigenvalue weighted by atomic mass is 10.1. The van der Waals surface area contributed by atoms with E-state index in [4.69, 9.17) is 23.2 Å². The lowest BCUT2D eigenvalue weighted by Gasteiger charge is -2.09. The first-order chi connectivity index (χ1) is 12.5. The van der Waals surface area contributed by atoms with Crippen molar-refractivity contribution in [1.29, 1.82) is 0 Å². The van der Waals surface area contributed by atoms with E-state index >= 15 is 0 Å². The Hall–Kier alpha value is -2.63. The number of amides is 1. The van der Waals surface area contributed by atoms with Crippen molar-refractivity contribution in [2.75, 3.05) is 10.6 Å². The second-order valence-electron chi connectivity index (χ2n) is 5.68. The van der Waals surface area contributed by atoms with Gasteiger partial charge >= 0.3 is 0 Å². The molecule has 0 aliphatic rings. The zero-order valence-electron chi connectivity index (χ0n) is 14.0. The second-order valence-corrected chi connectivity index (χ2v) is 6.49. The number of nitrogens with one attached hydrogen (secondary N) is 2. The monoisotopic (exact) mass is 386 g/mol. The van der Waals surface area contributed by atoms with Crippen LogP contribution in [0.2, 0.25) is 10.0 Å². The van der Waals surface area contributed by atoms with Gasteiger partial charge in [0.2, 0.25) is 0 Å². The van der Waals surface area contributed by atoms with Crippen LogP contribution < -0.4 is 10.6 Å². The molecule has 26 heavy (non-hydrogen) atoms. The lowest BCUT2D eigenvalue weighted by molar-refractivity contribution is 0.102. The van der Waals surface area contributed by atoms with E-state index in [-0.39, 0.29) is 5.69 Å². The second kappa shape index (κ2) is 8.17. The van der Waals surface area contributed by atoms with Gasteiger partial charge in [-0.1, -0.05) is 59.1 Å². The Bertz CT molecular complexity index is 909. The summed E-state index contributed by atoms with van der Waals surface area (Å²) in [6.07, 6.45) is 2.91. The van der Waals surface area contributed by atoms with Crippen molar-refractivity contribution in [2.45, 2.75) is 13.5 Å². The van der Waals surface area contributed by atoms with E-state index < -0.39 is 5.91 Å². The topological polar surface area (TPSA) is 66.9 Å². The van der Waals surface area contributed by atoms with Crippen LogP contribution in [0.5, 0.6) is 0 Å². The fourth-order valence-corrected chi connectivity index (χ4v) is 2.84. The maximum Gasteiger partial charge on any atom is 0.275 e. The molecule has 132 valence electrons. The van der Waals surface area contributed by atoms with Crippen LogP contribution in [0.1, 0.15) is 21.6 Å². The van der Waals surface area contributed by atoms with Crippen LogP contribution in [0, 0.1) is 6.92 Å². The quantitative estimate of drug-likeness (QED) is 0.650. The molecule has 1 aromatic heterocycles. The predicted molar refractivity (Wildman–Crippen MR) is 105 cm³/mol. The normalized spacial score (nSPS) is 10.4. The highest BCUT2D eigenvalue weighted by Crippen LogP contribution is 2.30. The summed E-state index contributed by atoms with van der Waals surface area (Å²) >= 11 is 12.1. The molecule has 0 unspecified atom stereocenters. The zero-order chi connectivity index (χ0) is 18.5. The van der Waals surface area contributed by atoms with Crippen molar-refractivity contribution >= 4 is 40.6 Å². The molecular weight excluding hydrogens is 371 g/mol. The number of hydrogen-bond donors (Lipinski definition) is 2. The van der Waals surface area contributed by atoms with Crippen molar-refractivity contribution in [3.8, 4) is 0 Å². The zero-order valence-corrected chi connectivity index (χ0v) is 15.5. The summed E-state index contributed by atoms with van der Waals surface area (Å²) in [6.45, 7) is 2.67. The largest absolute Gasteiger partial charge is 0.365 e. The van der Waals surface area contributed by atoms with Crippen molar-refractivity contribution in [2.24, 2.45) is 0 Å². The van der Waals surface area contributed by atoms with Crippen molar-refractivity contribution < 1.29 is 4.79 Å². The Labute approximate surface area is 161 Å². The van der Waals surface area contributed by atoms with E-state index in [1.54, 1.807) is 18.2 Å². The molecule has 2 aromatic carbocycles. The molecule has 0 radical (unpaired) electrons. The minimum absolute atomic E-state index is 0.169. The number of carbonyl (C=O) groups is 1. The first-order valence-electron chi connectivity index (χ1n) is 7.90. The van der Waals surface area contributed by atoms with Gasteiger partial charge in [0.05, 0.1) is 28.1 Å². The summed E-state index contributed by atoms with van der Waals surface area (Å²) in [5.74, 6) is 0.150. The molecule has 0 fully saturated rings. The summed E-state index contributed by atoms with van der Waals surface area (Å²) in [5.41, 5.74) is 2.86. The lowest BCUT2D eigenvalue weighted by Crippen LogP contribution is -2.15. The van der Waals surface area contributed by atoms with Gasteiger partial charge in [-0.25, -0.2) is 9.97 Å². The summed E-state index contributed by atoms with van der Waals surface area (Å²) in [4.78, 5) is 20.7. The van der Waals surface area contributed by atoms with E-state index in [2.05, 4.69) is 26.7 Å². The SMILES string of the molecule is Cc1cccc(CNc2cnc(C(=O)Nc3c(Cl)cccc3Cl)cn2)c1. The summed E-state index contributed by atoms with van der Waals surface area (Å²) < 4.78 is 0. The van der Waals surface area contributed by atoms with E-state index in [0.717, 1.165) is 5.56 Å². The van der Waals surface area contributed by atoms with Gasteiger partial charge in [0.25, 0.3) is 5.91 Å². The van der Waals surface area contributed by atoms with Crippen molar-refractivity contribution in [3.63, 3.8) is 0 Å². The number of hydrogen-bond acceptors (Lipinski definition) is 4. The minimum Gasteiger partial charge on any atom is -0.365 e. The third kappa shape index (κ3) is 4.50. The Morgan fingerprint density at radius 2 is 1.77 bits per heavy atom. The standard InChI is InChI=1S/C19H16Cl2N4O/c1-12-4-2-5-13(8-12)9-23-17-11-22-16(10-24-17)19(26)25-18-14(20)6-3-7-15(18)21/h2-8,10-11H,9H2,1H3,(H,23,24)(H,25,26). The number of aryl methyl sites for hydroxylation is 1. The fraction of sp³-hybridized carbons (Fsp3) is 0.105. The Morgan fingerprint density at radius 1 is 1.04 bits per heavy atom. The molecule has 3 aromatic rings. The maximum atomic E-state index is 12.3. The third-order valence-electron chi connectivity index (χ3n) is 3.64. The van der Waals surface area contributed by atoms with E-state index in [0.29, 0.717) is 28.1 Å². The molecule has 0 saturated heterocycles. The van der Waals surface area contributed by atoms with Crippen molar-refractivity contribution in [3.05, 3.63) is 81.7 Å². The first kappa shape index (κ1) is 18.2. The Balaban J connectivity index is 1.64. The van der Waals surface area contributed by atoms with Gasteiger partial charge in [-0.2, -0.15) is 0 Å². The van der Waals surface area contributed by atoms with Crippen LogP contribution in [0.25, 0.3) is 0 Å². The van der Waals surface area contributed by atoms with Gasteiger partial charge in [-0.05, 0) is 24.6 Å². The van der Waals surface area contributed by atoms with Crippen LogP contribution in [-0.4, -0.2) is 15.9 Å². The fourth-order valence-electron chi connectivity index (χ4n) is 2.35. The van der Waals surface area contributed by atoms with Gasteiger partial charge < -0.3 is 10.6 Å². The van der Waals surface area contributed by atoms with Crippen LogP contribution in [0.3, 0.4) is 0 Å². The Kier molecular flexibility index (Phi) is 5.71. The molecule has 0 aliphatic carbocycles. The highest BCUT2D eigenvalue weighted by molar-refractivity contribution is 6.39. The van der Waals surface area contributed by atoms with Crippen LogP contribution in [0.15, 0.2) is 54.9 Å². The molecule has 2 N–H and O–H groups in total. The number of para-hydroxylation sites is 1. The first-order valence-corrected chi connectivity index (χ1v) is 8.65. The van der Waals surface area contributed by atoms with Crippen molar-refractivity contribution in [1.82, 2.24) is 9.97 Å². The molecule has 0 aliphatic heterocycles. The number of halogens is 2. The number of rotatable bonds is 5. The van der Waals surface area contributed by atoms with Gasteiger partial charge in [0.1, 0.15) is 11.5 Å². The number of carbonyl (C=O) groups excluding carboxylic acids is 1. The van der Waals surface area contributed by atoms with Gasteiger partial charge in [-0.15, -0.1) is 0 Å². The molecule has 7 heteroatoms. The molecule has 0 atom stereocenters. The highest BCUT2D eigenvalue weighted by Gasteiger charge is 2.13. The number of nitrogens with zero attached hydrogens (tertiary/aromatic N) is 2. The minimum atomic E-state index is -0.433. The van der Waals surface area contributed by atoms with Crippen LogP contribution in [0.4, 0.5) is 11.5 Å². The molecule has 1 amide bonds. The Morgan fingerprint density at radius 3 is 2.42 bits per heavy atom. The van der Waals surface area contributed by atoms with E-state index in [1.807, 2.05) is 25.1 Å². The maximum absolute atomic E-state index is 12.3.